The summed E-state index contributed by atoms with van der Waals surface area (Å²) in [5.41, 5.74) is 1.58. The SMILES string of the molecule is C=Cc1ccc(S(=O)(=O)C(C)C(C)S(=O)(=O)c2ccc(C=C)cc2)cc1. The highest BCUT2D eigenvalue weighted by Gasteiger charge is 2.36. The van der Waals surface area contributed by atoms with Crippen LogP contribution in [-0.2, 0) is 19.7 Å². The highest BCUT2D eigenvalue weighted by atomic mass is 32.2. The van der Waals surface area contributed by atoms with E-state index in [2.05, 4.69) is 13.2 Å². The fourth-order valence-electron chi connectivity index (χ4n) is 2.52. The zero-order valence-electron chi connectivity index (χ0n) is 14.8. The monoisotopic (exact) mass is 390 g/mol. The second-order valence-electron chi connectivity index (χ2n) is 6.05. The minimum Gasteiger partial charge on any atom is -0.223 e. The molecule has 26 heavy (non-hydrogen) atoms. The van der Waals surface area contributed by atoms with Crippen LogP contribution in [0.5, 0.6) is 0 Å². The summed E-state index contributed by atoms with van der Waals surface area (Å²) in [6.45, 7) is 10.1. The van der Waals surface area contributed by atoms with Crippen LogP contribution in [0.1, 0.15) is 25.0 Å². The van der Waals surface area contributed by atoms with E-state index in [0.29, 0.717) is 0 Å². The van der Waals surface area contributed by atoms with E-state index in [-0.39, 0.29) is 9.79 Å². The Morgan fingerprint density at radius 2 is 0.923 bits per heavy atom. The molecule has 0 aliphatic rings. The molecule has 0 bridgehead atoms. The molecule has 0 N–H and O–H groups in total. The van der Waals surface area contributed by atoms with Gasteiger partial charge in [0.2, 0.25) is 0 Å². The molecule has 2 unspecified atom stereocenters. The van der Waals surface area contributed by atoms with Crippen molar-refractivity contribution in [1.29, 1.82) is 0 Å². The molecule has 0 spiro atoms. The first-order valence-corrected chi connectivity index (χ1v) is 11.2. The molecule has 2 aromatic carbocycles. The quantitative estimate of drug-likeness (QED) is 0.717. The van der Waals surface area contributed by atoms with E-state index in [1.165, 1.54) is 38.1 Å². The minimum absolute atomic E-state index is 0.0969. The fourth-order valence-corrected chi connectivity index (χ4v) is 6.30. The van der Waals surface area contributed by atoms with E-state index in [0.717, 1.165) is 11.1 Å². The smallest absolute Gasteiger partial charge is 0.182 e. The van der Waals surface area contributed by atoms with Crippen LogP contribution in [0.2, 0.25) is 0 Å². The summed E-state index contributed by atoms with van der Waals surface area (Å²) < 4.78 is 51.4. The van der Waals surface area contributed by atoms with Gasteiger partial charge in [0.05, 0.1) is 20.3 Å². The second kappa shape index (κ2) is 7.60. The van der Waals surface area contributed by atoms with Crippen molar-refractivity contribution in [2.24, 2.45) is 0 Å². The average Bonchev–Trinajstić information content (AvgIpc) is 2.66. The first-order valence-electron chi connectivity index (χ1n) is 8.07. The van der Waals surface area contributed by atoms with Crippen LogP contribution >= 0.6 is 0 Å². The summed E-state index contributed by atoms with van der Waals surface area (Å²) in [6.07, 6.45) is 3.22. The van der Waals surface area contributed by atoms with Crippen molar-refractivity contribution in [2.45, 2.75) is 34.1 Å². The third-order valence-corrected chi connectivity index (χ3v) is 9.33. The van der Waals surface area contributed by atoms with Crippen LogP contribution < -0.4 is 0 Å². The van der Waals surface area contributed by atoms with Crippen molar-refractivity contribution in [3.8, 4) is 0 Å². The zero-order chi connectivity index (χ0) is 19.5. The molecule has 0 aromatic heterocycles. The van der Waals surface area contributed by atoms with Crippen LogP contribution in [-0.4, -0.2) is 27.3 Å². The third-order valence-electron chi connectivity index (χ3n) is 4.53. The summed E-state index contributed by atoms with van der Waals surface area (Å²) in [4.78, 5) is 0.194. The molecule has 0 saturated carbocycles. The molecule has 4 nitrogen and oxygen atoms in total. The van der Waals surface area contributed by atoms with Gasteiger partial charge in [-0.05, 0) is 49.2 Å². The van der Waals surface area contributed by atoms with E-state index in [4.69, 9.17) is 0 Å². The van der Waals surface area contributed by atoms with Crippen molar-refractivity contribution in [1.82, 2.24) is 0 Å². The lowest BCUT2D eigenvalue weighted by atomic mass is 10.2. The van der Waals surface area contributed by atoms with E-state index >= 15 is 0 Å². The van der Waals surface area contributed by atoms with Crippen molar-refractivity contribution in [3.05, 3.63) is 72.8 Å². The van der Waals surface area contributed by atoms with Gasteiger partial charge in [-0.2, -0.15) is 0 Å². The molecule has 0 heterocycles. The largest absolute Gasteiger partial charge is 0.223 e. The molecular weight excluding hydrogens is 368 g/mol. The van der Waals surface area contributed by atoms with Crippen molar-refractivity contribution in [2.75, 3.05) is 0 Å². The maximum atomic E-state index is 12.8. The second-order valence-corrected chi connectivity index (χ2v) is 10.7. The summed E-state index contributed by atoms with van der Waals surface area (Å²) in [5, 5.41) is -2.19. The van der Waals surface area contributed by atoms with Gasteiger partial charge in [-0.1, -0.05) is 49.6 Å². The maximum Gasteiger partial charge on any atom is 0.182 e. The molecule has 138 valence electrons. The lowest BCUT2D eigenvalue weighted by Crippen LogP contribution is -2.35. The molecular formula is C20H22O4S2. The summed E-state index contributed by atoms with van der Waals surface area (Å²) >= 11 is 0. The van der Waals surface area contributed by atoms with E-state index in [1.807, 2.05) is 0 Å². The molecule has 0 radical (unpaired) electrons. The number of hydrogen-bond acceptors (Lipinski definition) is 4. The van der Waals surface area contributed by atoms with Crippen LogP contribution in [0, 0.1) is 0 Å². The summed E-state index contributed by atoms with van der Waals surface area (Å²) in [7, 11) is -7.59. The Bertz CT molecular complexity index is 915. The summed E-state index contributed by atoms with van der Waals surface area (Å²) in [6, 6.07) is 12.4. The Morgan fingerprint density at radius 1 is 0.654 bits per heavy atom. The van der Waals surface area contributed by atoms with Gasteiger partial charge >= 0.3 is 0 Å². The van der Waals surface area contributed by atoms with Gasteiger partial charge < -0.3 is 0 Å². The van der Waals surface area contributed by atoms with Crippen molar-refractivity contribution < 1.29 is 16.8 Å². The topological polar surface area (TPSA) is 68.3 Å². The molecule has 0 saturated heterocycles. The standard InChI is InChI=1S/C20H22O4S2/c1-5-17-7-11-19(12-8-17)25(21,22)15(3)16(4)26(23,24)20-13-9-18(6-2)10-14-20/h5-16H,1-2H2,3-4H3. The van der Waals surface area contributed by atoms with Crippen LogP contribution in [0.15, 0.2) is 71.5 Å². The number of hydrogen-bond donors (Lipinski definition) is 0. The zero-order valence-corrected chi connectivity index (χ0v) is 16.4. The van der Waals surface area contributed by atoms with Crippen LogP contribution in [0.25, 0.3) is 12.2 Å². The predicted octanol–water partition coefficient (Wildman–Crippen LogP) is 4.00. The van der Waals surface area contributed by atoms with Crippen LogP contribution in [0.4, 0.5) is 0 Å². The van der Waals surface area contributed by atoms with Gasteiger partial charge in [-0.15, -0.1) is 0 Å². The van der Waals surface area contributed by atoms with Gasteiger partial charge in [0, 0.05) is 0 Å². The van der Waals surface area contributed by atoms with Crippen molar-refractivity contribution >= 4 is 31.8 Å². The van der Waals surface area contributed by atoms with Gasteiger partial charge in [-0.25, -0.2) is 16.8 Å². The first kappa shape index (κ1) is 20.1. The van der Waals surface area contributed by atoms with Crippen LogP contribution in [0.3, 0.4) is 0 Å². The van der Waals surface area contributed by atoms with E-state index in [9.17, 15) is 16.8 Å². The lowest BCUT2D eigenvalue weighted by Gasteiger charge is -2.21. The Hall–Kier alpha value is -2.18. The molecule has 6 heteroatoms. The number of sulfone groups is 2. The fraction of sp³-hybridized carbons (Fsp3) is 0.200. The number of benzene rings is 2. The van der Waals surface area contributed by atoms with Gasteiger partial charge in [0.25, 0.3) is 0 Å². The van der Waals surface area contributed by atoms with Gasteiger partial charge in [-0.3, -0.25) is 0 Å². The summed E-state index contributed by atoms with van der Waals surface area (Å²) in [5.74, 6) is 0. The highest BCUT2D eigenvalue weighted by molar-refractivity contribution is 7.96. The van der Waals surface area contributed by atoms with Crippen molar-refractivity contribution in [3.63, 3.8) is 0 Å². The highest BCUT2D eigenvalue weighted by Crippen LogP contribution is 2.26. The molecule has 2 rings (SSSR count). The molecule has 2 aromatic rings. The Kier molecular flexibility index (Phi) is 5.88. The maximum absolute atomic E-state index is 12.8. The third kappa shape index (κ3) is 3.81. The van der Waals surface area contributed by atoms with E-state index < -0.39 is 30.2 Å². The molecule has 0 amide bonds. The Balaban J connectivity index is 2.37. The lowest BCUT2D eigenvalue weighted by molar-refractivity contribution is 0.562. The normalized spacial score (nSPS) is 14.4. The molecule has 2 atom stereocenters. The Labute approximate surface area is 155 Å². The van der Waals surface area contributed by atoms with Gasteiger partial charge in [0.15, 0.2) is 19.7 Å². The van der Waals surface area contributed by atoms with E-state index in [1.54, 1.807) is 36.4 Å². The Morgan fingerprint density at radius 3 is 1.15 bits per heavy atom. The molecule has 0 fully saturated rings. The first-order chi connectivity index (χ1) is 12.1. The number of rotatable bonds is 7. The molecule has 0 aliphatic carbocycles. The predicted molar refractivity (Wildman–Crippen MR) is 106 cm³/mol. The average molecular weight is 391 g/mol. The molecule has 0 aliphatic heterocycles. The minimum atomic E-state index is -3.80. The van der Waals surface area contributed by atoms with Gasteiger partial charge in [0.1, 0.15) is 0 Å².